The lowest BCUT2D eigenvalue weighted by molar-refractivity contribution is 0.122. The van der Waals surface area contributed by atoms with Gasteiger partial charge >= 0.3 is 0 Å². The molecule has 1 aliphatic rings. The molecule has 0 atom stereocenters. The number of rotatable bonds is 2. The molecule has 1 N–H and O–H groups in total. The van der Waals surface area contributed by atoms with E-state index in [-0.39, 0.29) is 5.56 Å². The molecule has 1 aliphatic heterocycles. The molecule has 1 fully saturated rings. The Morgan fingerprint density at radius 2 is 1.91 bits per heavy atom. The molecule has 22 heavy (non-hydrogen) atoms. The number of hydrogen-bond donors (Lipinski definition) is 1. The van der Waals surface area contributed by atoms with Crippen LogP contribution in [0.1, 0.15) is 0 Å². The van der Waals surface area contributed by atoms with Gasteiger partial charge < -0.3 is 9.64 Å². The number of aromatic amines is 1. The fourth-order valence-corrected chi connectivity index (χ4v) is 2.59. The first-order valence-corrected chi connectivity index (χ1v) is 7.19. The third kappa shape index (κ3) is 2.15. The maximum Gasteiger partial charge on any atom is 0.263 e. The molecule has 0 spiro atoms. The van der Waals surface area contributed by atoms with Gasteiger partial charge in [-0.05, 0) is 12.1 Å². The van der Waals surface area contributed by atoms with Crippen molar-refractivity contribution in [3.8, 4) is 5.69 Å². The van der Waals surface area contributed by atoms with Crippen LogP contribution in [0.15, 0.2) is 41.3 Å². The second-order valence-corrected chi connectivity index (χ2v) is 5.12. The van der Waals surface area contributed by atoms with E-state index in [4.69, 9.17) is 4.74 Å². The van der Waals surface area contributed by atoms with Gasteiger partial charge in [-0.1, -0.05) is 18.2 Å². The molecule has 0 aliphatic carbocycles. The predicted octanol–water partition coefficient (Wildman–Crippen LogP) is 0.945. The monoisotopic (exact) mass is 297 g/mol. The molecule has 3 heterocycles. The number of ether oxygens (including phenoxy) is 1. The molecule has 0 bridgehead atoms. The van der Waals surface area contributed by atoms with E-state index in [1.54, 1.807) is 10.9 Å². The average Bonchev–Trinajstić information content (AvgIpc) is 3.01. The van der Waals surface area contributed by atoms with Crippen LogP contribution in [0, 0.1) is 0 Å². The van der Waals surface area contributed by atoms with Crippen molar-refractivity contribution in [2.45, 2.75) is 0 Å². The Bertz CT molecular complexity index is 849. The SMILES string of the molecule is O=c1[nH]c(N2CCOCC2)nc2c1cnn2-c1ccccc1. The lowest BCUT2D eigenvalue weighted by Gasteiger charge is -2.27. The van der Waals surface area contributed by atoms with Gasteiger partial charge in [0.05, 0.1) is 25.1 Å². The summed E-state index contributed by atoms with van der Waals surface area (Å²) in [5.41, 5.74) is 1.27. The molecule has 4 rings (SSSR count). The average molecular weight is 297 g/mol. The molecular formula is C15H15N5O2. The Labute approximate surface area is 126 Å². The summed E-state index contributed by atoms with van der Waals surface area (Å²) in [5.74, 6) is 0.568. The first-order valence-electron chi connectivity index (χ1n) is 7.19. The Morgan fingerprint density at radius 1 is 1.14 bits per heavy atom. The standard InChI is InChI=1S/C15H15N5O2/c21-14-12-10-16-20(11-4-2-1-3-5-11)13(12)17-15(18-14)19-6-8-22-9-7-19/h1-5,10H,6-9H2,(H,17,18,21). The van der Waals surface area contributed by atoms with Gasteiger partial charge in [0.15, 0.2) is 5.65 Å². The van der Waals surface area contributed by atoms with Crippen LogP contribution in [-0.4, -0.2) is 46.1 Å². The molecule has 112 valence electrons. The van der Waals surface area contributed by atoms with Crippen LogP contribution < -0.4 is 10.5 Å². The highest BCUT2D eigenvalue weighted by atomic mass is 16.5. The smallest absolute Gasteiger partial charge is 0.263 e. The topological polar surface area (TPSA) is 76.0 Å². The summed E-state index contributed by atoms with van der Waals surface area (Å²) in [6, 6.07) is 9.67. The van der Waals surface area contributed by atoms with E-state index in [1.807, 2.05) is 35.2 Å². The number of hydrogen-bond acceptors (Lipinski definition) is 5. The predicted molar refractivity (Wildman–Crippen MR) is 82.5 cm³/mol. The molecule has 3 aromatic rings. The van der Waals surface area contributed by atoms with Crippen molar-refractivity contribution < 1.29 is 4.74 Å². The highest BCUT2D eigenvalue weighted by Crippen LogP contribution is 2.16. The van der Waals surface area contributed by atoms with E-state index in [9.17, 15) is 4.79 Å². The molecule has 0 unspecified atom stereocenters. The number of fused-ring (bicyclic) bond motifs is 1. The summed E-state index contributed by atoms with van der Waals surface area (Å²) in [5, 5.41) is 4.79. The van der Waals surface area contributed by atoms with Crippen LogP contribution in [0.3, 0.4) is 0 Å². The minimum Gasteiger partial charge on any atom is -0.378 e. The number of nitrogens with zero attached hydrogens (tertiary/aromatic N) is 4. The normalized spacial score (nSPS) is 15.4. The molecule has 1 saturated heterocycles. The first-order chi connectivity index (χ1) is 10.8. The number of benzene rings is 1. The summed E-state index contributed by atoms with van der Waals surface area (Å²) in [6.45, 7) is 2.71. The number of para-hydroxylation sites is 1. The van der Waals surface area contributed by atoms with Crippen molar-refractivity contribution in [2.24, 2.45) is 0 Å². The molecule has 7 heteroatoms. The maximum absolute atomic E-state index is 12.3. The highest BCUT2D eigenvalue weighted by molar-refractivity contribution is 5.76. The molecule has 0 radical (unpaired) electrons. The zero-order chi connectivity index (χ0) is 14.9. The second kappa shape index (κ2) is 5.27. The van der Waals surface area contributed by atoms with Crippen molar-refractivity contribution in [3.05, 3.63) is 46.9 Å². The third-order valence-electron chi connectivity index (χ3n) is 3.74. The number of aromatic nitrogens is 4. The van der Waals surface area contributed by atoms with Gasteiger partial charge in [-0.3, -0.25) is 9.78 Å². The fraction of sp³-hybridized carbons (Fsp3) is 0.267. The quantitative estimate of drug-likeness (QED) is 0.762. The van der Waals surface area contributed by atoms with E-state index in [0.29, 0.717) is 43.3 Å². The second-order valence-electron chi connectivity index (χ2n) is 5.12. The van der Waals surface area contributed by atoms with Crippen LogP contribution in [-0.2, 0) is 4.74 Å². The lowest BCUT2D eigenvalue weighted by atomic mass is 10.3. The van der Waals surface area contributed by atoms with E-state index >= 15 is 0 Å². The van der Waals surface area contributed by atoms with E-state index in [2.05, 4.69) is 15.1 Å². The third-order valence-corrected chi connectivity index (χ3v) is 3.74. The molecular weight excluding hydrogens is 282 g/mol. The number of nitrogens with one attached hydrogen (secondary N) is 1. The first kappa shape index (κ1) is 13.0. The molecule has 7 nitrogen and oxygen atoms in total. The lowest BCUT2D eigenvalue weighted by Crippen LogP contribution is -2.38. The zero-order valence-electron chi connectivity index (χ0n) is 11.9. The van der Waals surface area contributed by atoms with Gasteiger partial charge in [0.2, 0.25) is 5.95 Å². The van der Waals surface area contributed by atoms with Crippen LogP contribution in [0.25, 0.3) is 16.7 Å². The van der Waals surface area contributed by atoms with E-state index in [0.717, 1.165) is 5.69 Å². The molecule has 2 aromatic heterocycles. The maximum atomic E-state index is 12.3. The summed E-state index contributed by atoms with van der Waals surface area (Å²) in [6.07, 6.45) is 1.55. The molecule has 0 amide bonds. The minimum absolute atomic E-state index is 0.173. The van der Waals surface area contributed by atoms with E-state index in [1.165, 1.54) is 0 Å². The Balaban J connectivity index is 1.86. The summed E-state index contributed by atoms with van der Waals surface area (Å²) >= 11 is 0. The van der Waals surface area contributed by atoms with Crippen LogP contribution in [0.5, 0.6) is 0 Å². The van der Waals surface area contributed by atoms with Gasteiger partial charge in [-0.25, -0.2) is 4.68 Å². The van der Waals surface area contributed by atoms with Crippen molar-refractivity contribution >= 4 is 17.0 Å². The Hall–Kier alpha value is -2.67. The fourth-order valence-electron chi connectivity index (χ4n) is 2.59. The van der Waals surface area contributed by atoms with Crippen molar-refractivity contribution in [1.29, 1.82) is 0 Å². The van der Waals surface area contributed by atoms with Gasteiger partial charge in [-0.15, -0.1) is 0 Å². The van der Waals surface area contributed by atoms with Crippen molar-refractivity contribution in [1.82, 2.24) is 19.7 Å². The molecule has 1 aromatic carbocycles. The zero-order valence-corrected chi connectivity index (χ0v) is 11.9. The van der Waals surface area contributed by atoms with Crippen LogP contribution in [0.2, 0.25) is 0 Å². The Kier molecular flexibility index (Phi) is 3.12. The number of H-pyrrole nitrogens is 1. The van der Waals surface area contributed by atoms with Crippen LogP contribution in [0.4, 0.5) is 5.95 Å². The van der Waals surface area contributed by atoms with Gasteiger partial charge in [0.25, 0.3) is 5.56 Å². The largest absolute Gasteiger partial charge is 0.378 e. The van der Waals surface area contributed by atoms with Gasteiger partial charge in [0.1, 0.15) is 5.39 Å². The Morgan fingerprint density at radius 3 is 2.68 bits per heavy atom. The summed E-state index contributed by atoms with van der Waals surface area (Å²) in [7, 11) is 0. The van der Waals surface area contributed by atoms with Crippen molar-refractivity contribution in [3.63, 3.8) is 0 Å². The van der Waals surface area contributed by atoms with Gasteiger partial charge in [-0.2, -0.15) is 10.1 Å². The van der Waals surface area contributed by atoms with Gasteiger partial charge in [0, 0.05) is 13.1 Å². The number of morpholine rings is 1. The number of anilines is 1. The summed E-state index contributed by atoms with van der Waals surface area (Å²) < 4.78 is 7.03. The minimum atomic E-state index is -0.173. The highest BCUT2D eigenvalue weighted by Gasteiger charge is 2.17. The van der Waals surface area contributed by atoms with E-state index < -0.39 is 0 Å². The summed E-state index contributed by atoms with van der Waals surface area (Å²) in [4.78, 5) is 21.7. The molecule has 0 saturated carbocycles. The van der Waals surface area contributed by atoms with Crippen molar-refractivity contribution in [2.75, 3.05) is 31.2 Å². The van der Waals surface area contributed by atoms with Crippen LogP contribution >= 0.6 is 0 Å².